The van der Waals surface area contributed by atoms with E-state index in [2.05, 4.69) is 6.08 Å². The number of carbonyl (C=O) groups is 2. The third-order valence-corrected chi connectivity index (χ3v) is 4.65. The molecule has 126 valence electrons. The number of fused-ring (bicyclic) bond motifs is 1. The van der Waals surface area contributed by atoms with Crippen molar-refractivity contribution in [2.24, 2.45) is 11.8 Å². The van der Waals surface area contributed by atoms with Gasteiger partial charge in [0.2, 0.25) is 0 Å². The molecule has 1 aliphatic heterocycles. The van der Waals surface area contributed by atoms with Gasteiger partial charge in [0.15, 0.2) is 0 Å². The molecule has 2 atom stereocenters. The van der Waals surface area contributed by atoms with E-state index < -0.39 is 11.9 Å². The average molecular weight is 327 g/mol. The summed E-state index contributed by atoms with van der Waals surface area (Å²) in [6.07, 6.45) is 4.96. The normalized spacial score (nSPS) is 22.3. The molecule has 0 amide bonds. The minimum absolute atomic E-state index is 0.0847. The molecule has 0 saturated heterocycles. The first kappa shape index (κ1) is 16.3. The fraction of sp³-hybridized carbons (Fsp3) is 0.368. The molecule has 0 radical (unpaired) electrons. The van der Waals surface area contributed by atoms with Crippen molar-refractivity contribution >= 4 is 11.9 Å². The molecule has 2 aliphatic rings. The number of methoxy groups -OCH3 is 2. The van der Waals surface area contributed by atoms with E-state index in [0.717, 1.165) is 12.0 Å². The average Bonchev–Trinajstić information content (AvgIpc) is 3.08. The number of rotatable bonds is 4. The quantitative estimate of drug-likeness (QED) is 0.627. The molecule has 1 aromatic carbocycles. The molecule has 0 unspecified atom stereocenters. The van der Waals surface area contributed by atoms with Gasteiger partial charge in [0.1, 0.15) is 5.70 Å². The second-order valence-electron chi connectivity index (χ2n) is 6.06. The van der Waals surface area contributed by atoms with E-state index in [1.54, 1.807) is 0 Å². The van der Waals surface area contributed by atoms with Gasteiger partial charge in [0, 0.05) is 19.0 Å². The van der Waals surface area contributed by atoms with Crippen LogP contribution in [0.5, 0.6) is 0 Å². The van der Waals surface area contributed by atoms with E-state index in [1.807, 2.05) is 41.3 Å². The summed E-state index contributed by atoms with van der Waals surface area (Å²) in [5, 5.41) is 0. The van der Waals surface area contributed by atoms with Crippen molar-refractivity contribution in [2.45, 2.75) is 13.0 Å². The highest BCUT2D eigenvalue weighted by atomic mass is 16.5. The molecule has 1 aromatic rings. The number of esters is 2. The minimum atomic E-state index is -0.495. The van der Waals surface area contributed by atoms with Gasteiger partial charge in [-0.25, -0.2) is 9.59 Å². The van der Waals surface area contributed by atoms with Crippen molar-refractivity contribution in [3.8, 4) is 0 Å². The third-order valence-electron chi connectivity index (χ3n) is 4.65. The highest BCUT2D eigenvalue weighted by molar-refractivity contribution is 6.01. The van der Waals surface area contributed by atoms with Crippen molar-refractivity contribution in [2.75, 3.05) is 20.8 Å². The Kier molecular flexibility index (Phi) is 4.69. The lowest BCUT2D eigenvalue weighted by molar-refractivity contribution is -0.142. The topological polar surface area (TPSA) is 55.8 Å². The Hall–Kier alpha value is -2.56. The molecule has 0 N–H and O–H groups in total. The summed E-state index contributed by atoms with van der Waals surface area (Å²) >= 11 is 0. The summed E-state index contributed by atoms with van der Waals surface area (Å²) in [6.45, 7) is 1.26. The molecule has 1 aliphatic carbocycles. The van der Waals surface area contributed by atoms with E-state index in [-0.39, 0.29) is 11.8 Å². The molecular weight excluding hydrogens is 306 g/mol. The highest BCUT2D eigenvalue weighted by Gasteiger charge is 2.42. The van der Waals surface area contributed by atoms with Crippen LogP contribution in [-0.4, -0.2) is 37.6 Å². The number of nitrogens with zero attached hydrogens (tertiary/aromatic N) is 1. The highest BCUT2D eigenvalue weighted by Crippen LogP contribution is 2.40. The molecule has 0 saturated carbocycles. The van der Waals surface area contributed by atoms with Crippen LogP contribution in [0.15, 0.2) is 53.8 Å². The summed E-state index contributed by atoms with van der Waals surface area (Å²) in [4.78, 5) is 26.8. The van der Waals surface area contributed by atoms with E-state index in [0.29, 0.717) is 24.4 Å². The largest absolute Gasteiger partial charge is 0.466 e. The van der Waals surface area contributed by atoms with Crippen LogP contribution in [0.2, 0.25) is 0 Å². The first-order valence-corrected chi connectivity index (χ1v) is 8.02. The van der Waals surface area contributed by atoms with E-state index >= 15 is 0 Å². The van der Waals surface area contributed by atoms with Gasteiger partial charge in [-0.15, -0.1) is 0 Å². The van der Waals surface area contributed by atoms with Gasteiger partial charge < -0.3 is 14.4 Å². The van der Waals surface area contributed by atoms with E-state index in [9.17, 15) is 9.59 Å². The van der Waals surface area contributed by atoms with Crippen LogP contribution in [-0.2, 0) is 25.6 Å². The van der Waals surface area contributed by atoms with Gasteiger partial charge in [0.05, 0.1) is 19.8 Å². The Bertz CT molecular complexity index is 693. The second-order valence-corrected chi connectivity index (χ2v) is 6.06. The summed E-state index contributed by atoms with van der Waals surface area (Å²) in [5.74, 6) is -0.769. The Morgan fingerprint density at radius 3 is 2.50 bits per heavy atom. The maximum Gasteiger partial charge on any atom is 0.354 e. The molecule has 0 spiro atoms. The van der Waals surface area contributed by atoms with Crippen molar-refractivity contribution in [3.05, 3.63) is 59.3 Å². The molecule has 5 heteroatoms. The van der Waals surface area contributed by atoms with Crippen LogP contribution in [0.3, 0.4) is 0 Å². The zero-order valence-corrected chi connectivity index (χ0v) is 13.9. The van der Waals surface area contributed by atoms with E-state index in [4.69, 9.17) is 9.47 Å². The van der Waals surface area contributed by atoms with Gasteiger partial charge in [0.25, 0.3) is 0 Å². The zero-order chi connectivity index (χ0) is 17.1. The van der Waals surface area contributed by atoms with Crippen LogP contribution in [0.4, 0.5) is 0 Å². The van der Waals surface area contributed by atoms with Crippen molar-refractivity contribution in [3.63, 3.8) is 0 Å². The standard InChI is InChI=1S/C19H21NO4/c1-23-18(21)16-15-10-6-9-14(15)12-20(17(16)19(22)24-2)11-13-7-4-3-5-8-13/h3-8,10,14-15H,9,11-12H2,1-2H3/t14-,15-/m0/s1. The number of ether oxygens (including phenoxy) is 2. The van der Waals surface area contributed by atoms with Gasteiger partial charge in [-0.3, -0.25) is 0 Å². The lowest BCUT2D eigenvalue weighted by Gasteiger charge is -2.38. The molecular formula is C19H21NO4. The predicted octanol–water partition coefficient (Wildman–Crippen LogP) is 2.29. The molecule has 5 nitrogen and oxygen atoms in total. The Balaban J connectivity index is 2.05. The van der Waals surface area contributed by atoms with Crippen molar-refractivity contribution in [1.29, 1.82) is 0 Å². The lowest BCUT2D eigenvalue weighted by Crippen LogP contribution is -2.42. The fourth-order valence-electron chi connectivity index (χ4n) is 3.55. The van der Waals surface area contributed by atoms with Gasteiger partial charge >= 0.3 is 11.9 Å². The number of hydrogen-bond donors (Lipinski definition) is 0. The summed E-state index contributed by atoms with van der Waals surface area (Å²) in [5.41, 5.74) is 1.80. The number of hydrogen-bond acceptors (Lipinski definition) is 5. The molecule has 0 bridgehead atoms. The van der Waals surface area contributed by atoms with Crippen LogP contribution in [0.25, 0.3) is 0 Å². The number of allylic oxidation sites excluding steroid dienone is 2. The smallest absolute Gasteiger partial charge is 0.354 e. The van der Waals surface area contributed by atoms with Crippen LogP contribution in [0, 0.1) is 11.8 Å². The van der Waals surface area contributed by atoms with E-state index in [1.165, 1.54) is 14.2 Å². The fourth-order valence-corrected chi connectivity index (χ4v) is 3.55. The zero-order valence-electron chi connectivity index (χ0n) is 13.9. The minimum Gasteiger partial charge on any atom is -0.466 e. The second kappa shape index (κ2) is 6.91. The van der Waals surface area contributed by atoms with Gasteiger partial charge in [-0.1, -0.05) is 42.5 Å². The molecule has 1 heterocycles. The molecule has 3 rings (SSSR count). The SMILES string of the molecule is COC(=O)C1=C(C(=O)OC)N(Cc2ccccc2)C[C@@H]2CC=C[C@H]12. The molecule has 24 heavy (non-hydrogen) atoms. The van der Waals surface area contributed by atoms with Gasteiger partial charge in [-0.2, -0.15) is 0 Å². The van der Waals surface area contributed by atoms with Crippen molar-refractivity contribution in [1.82, 2.24) is 4.90 Å². The van der Waals surface area contributed by atoms with Crippen molar-refractivity contribution < 1.29 is 19.1 Å². The lowest BCUT2D eigenvalue weighted by atomic mass is 9.83. The maximum absolute atomic E-state index is 12.4. The number of carbonyl (C=O) groups excluding carboxylic acids is 2. The Labute approximate surface area is 141 Å². The predicted molar refractivity (Wildman–Crippen MR) is 88.6 cm³/mol. The Morgan fingerprint density at radius 1 is 1.12 bits per heavy atom. The number of benzene rings is 1. The Morgan fingerprint density at radius 2 is 1.83 bits per heavy atom. The van der Waals surface area contributed by atoms with Crippen LogP contribution >= 0.6 is 0 Å². The summed E-state index contributed by atoms with van der Waals surface area (Å²) < 4.78 is 9.92. The maximum atomic E-state index is 12.4. The first-order chi connectivity index (χ1) is 11.7. The summed E-state index contributed by atoms with van der Waals surface area (Å²) in [6, 6.07) is 9.88. The monoisotopic (exact) mass is 327 g/mol. The summed E-state index contributed by atoms with van der Waals surface area (Å²) in [7, 11) is 2.68. The first-order valence-electron chi connectivity index (χ1n) is 8.02. The molecule has 0 fully saturated rings. The van der Waals surface area contributed by atoms with Crippen LogP contribution in [0.1, 0.15) is 12.0 Å². The van der Waals surface area contributed by atoms with Crippen LogP contribution < -0.4 is 0 Å². The third kappa shape index (κ3) is 2.94. The molecule has 0 aromatic heterocycles. The van der Waals surface area contributed by atoms with Gasteiger partial charge in [-0.05, 0) is 17.9 Å².